The second-order valence-corrected chi connectivity index (χ2v) is 5.60. The first-order chi connectivity index (χ1) is 10.3. The molecule has 3 heteroatoms. The fraction of sp³-hybridized carbons (Fsp3) is 0.222. The molecule has 21 heavy (non-hydrogen) atoms. The molecule has 0 aromatic heterocycles. The molecule has 1 saturated heterocycles. The van der Waals surface area contributed by atoms with Gasteiger partial charge in [0, 0.05) is 12.8 Å². The highest BCUT2D eigenvalue weighted by atomic mass is 19.1. The van der Waals surface area contributed by atoms with Gasteiger partial charge in [-0.25, -0.2) is 9.45 Å². The molecule has 0 radical (unpaired) electrons. The Labute approximate surface area is 123 Å². The van der Waals surface area contributed by atoms with Crippen molar-refractivity contribution in [2.45, 2.75) is 25.0 Å². The molecule has 2 heterocycles. The lowest BCUT2D eigenvalue weighted by molar-refractivity contribution is 0.0751. The Bertz CT molecular complexity index is 683. The summed E-state index contributed by atoms with van der Waals surface area (Å²) in [5, 5.41) is 1.93. The number of rotatable bonds is 2. The third kappa shape index (κ3) is 2.34. The van der Waals surface area contributed by atoms with Gasteiger partial charge in [-0.2, -0.15) is 0 Å². The highest BCUT2D eigenvalue weighted by Gasteiger charge is 2.38. The molecule has 0 saturated carbocycles. The number of fused-ring (bicyclic) bond motifs is 4. The lowest BCUT2D eigenvalue weighted by Gasteiger charge is -2.29. The van der Waals surface area contributed by atoms with E-state index >= 15 is 0 Å². The van der Waals surface area contributed by atoms with E-state index in [9.17, 15) is 4.39 Å². The van der Waals surface area contributed by atoms with E-state index in [1.807, 2.05) is 29.3 Å². The Morgan fingerprint density at radius 3 is 2.86 bits per heavy atom. The molecular weight excluding hydrogens is 265 g/mol. The number of anilines is 1. The number of halogens is 1. The number of hydrogen-bond acceptors (Lipinski definition) is 2. The number of benzene rings is 2. The van der Waals surface area contributed by atoms with Crippen LogP contribution in [0.2, 0.25) is 0 Å². The van der Waals surface area contributed by atoms with Crippen LogP contribution < -0.4 is 5.06 Å². The lowest BCUT2D eigenvalue weighted by Crippen LogP contribution is -2.30. The smallest absolute Gasteiger partial charge is 0.123 e. The van der Waals surface area contributed by atoms with Crippen molar-refractivity contribution in [2.75, 3.05) is 5.06 Å². The summed E-state index contributed by atoms with van der Waals surface area (Å²) in [7, 11) is 0. The molecule has 0 N–H and O–H groups in total. The molecule has 2 aliphatic rings. The predicted octanol–water partition coefficient (Wildman–Crippen LogP) is 3.97. The summed E-state index contributed by atoms with van der Waals surface area (Å²) in [5.74, 6) is -0.173. The first-order valence-electron chi connectivity index (χ1n) is 7.27. The topological polar surface area (TPSA) is 12.5 Å². The average Bonchev–Trinajstić information content (AvgIpc) is 2.83. The van der Waals surface area contributed by atoms with E-state index in [-0.39, 0.29) is 18.0 Å². The van der Waals surface area contributed by atoms with Crippen LogP contribution in [0, 0.1) is 5.82 Å². The van der Waals surface area contributed by atoms with Crippen LogP contribution in [-0.4, -0.2) is 12.1 Å². The van der Waals surface area contributed by atoms with Crippen molar-refractivity contribution in [1.29, 1.82) is 0 Å². The maximum Gasteiger partial charge on any atom is 0.123 e. The number of hydroxylamine groups is 1. The largest absolute Gasteiger partial charge is 0.269 e. The van der Waals surface area contributed by atoms with Gasteiger partial charge in [0.2, 0.25) is 0 Å². The van der Waals surface area contributed by atoms with Crippen LogP contribution in [0.4, 0.5) is 10.1 Å². The van der Waals surface area contributed by atoms with Crippen LogP contribution in [0.25, 0.3) is 6.08 Å². The van der Waals surface area contributed by atoms with Crippen LogP contribution in [0.5, 0.6) is 0 Å². The summed E-state index contributed by atoms with van der Waals surface area (Å²) in [4.78, 5) is 5.92. The zero-order valence-electron chi connectivity index (χ0n) is 11.6. The Kier molecular flexibility index (Phi) is 3.00. The van der Waals surface area contributed by atoms with Crippen LogP contribution >= 0.6 is 0 Å². The van der Waals surface area contributed by atoms with E-state index in [2.05, 4.69) is 24.3 Å². The summed E-state index contributed by atoms with van der Waals surface area (Å²) in [5.41, 5.74) is 3.22. The molecule has 2 aliphatic heterocycles. The Morgan fingerprint density at radius 2 is 2.00 bits per heavy atom. The molecule has 106 valence electrons. The first-order valence-corrected chi connectivity index (χ1v) is 7.27. The van der Waals surface area contributed by atoms with Crippen molar-refractivity contribution in [3.05, 3.63) is 71.6 Å². The predicted molar refractivity (Wildman–Crippen MR) is 81.3 cm³/mol. The van der Waals surface area contributed by atoms with E-state index in [1.54, 1.807) is 6.07 Å². The molecule has 0 spiro atoms. The van der Waals surface area contributed by atoms with Gasteiger partial charge in [-0.15, -0.1) is 0 Å². The van der Waals surface area contributed by atoms with Gasteiger partial charge in [0.05, 0.1) is 17.8 Å². The normalized spacial score (nSPS) is 23.6. The van der Waals surface area contributed by atoms with Gasteiger partial charge >= 0.3 is 0 Å². The van der Waals surface area contributed by atoms with Crippen LogP contribution in [0.3, 0.4) is 0 Å². The number of nitrogens with zero attached hydrogens (tertiary/aromatic N) is 1. The van der Waals surface area contributed by atoms with Gasteiger partial charge in [-0.05, 0) is 29.3 Å². The highest BCUT2D eigenvalue weighted by Crippen LogP contribution is 2.38. The van der Waals surface area contributed by atoms with E-state index < -0.39 is 0 Å². The van der Waals surface area contributed by atoms with Gasteiger partial charge in [-0.1, -0.05) is 42.5 Å². The second kappa shape index (κ2) is 5.01. The van der Waals surface area contributed by atoms with Crippen molar-refractivity contribution < 1.29 is 9.23 Å². The van der Waals surface area contributed by atoms with Crippen LogP contribution in [0.1, 0.15) is 17.5 Å². The van der Waals surface area contributed by atoms with Crippen LogP contribution in [-0.2, 0) is 11.3 Å². The summed E-state index contributed by atoms with van der Waals surface area (Å²) < 4.78 is 13.4. The number of hydrogen-bond donors (Lipinski definition) is 0. The van der Waals surface area contributed by atoms with E-state index in [1.165, 1.54) is 11.6 Å². The fourth-order valence-electron chi connectivity index (χ4n) is 3.12. The van der Waals surface area contributed by atoms with Gasteiger partial charge in [-0.3, -0.25) is 4.84 Å². The maximum absolute atomic E-state index is 13.4. The zero-order chi connectivity index (χ0) is 14.2. The Hall–Kier alpha value is -2.13. The molecular formula is C18H16FNO. The van der Waals surface area contributed by atoms with Crippen molar-refractivity contribution in [3.63, 3.8) is 0 Å². The van der Waals surface area contributed by atoms with E-state index in [0.29, 0.717) is 0 Å². The fourth-order valence-corrected chi connectivity index (χ4v) is 3.12. The molecule has 2 bridgehead atoms. The first kappa shape index (κ1) is 12.6. The molecule has 2 nitrogen and oxygen atoms in total. The van der Waals surface area contributed by atoms with Gasteiger partial charge < -0.3 is 0 Å². The minimum Gasteiger partial charge on any atom is -0.269 e. The summed E-state index contributed by atoms with van der Waals surface area (Å²) >= 11 is 0. The van der Waals surface area contributed by atoms with Crippen molar-refractivity contribution in [3.8, 4) is 0 Å². The molecule has 1 fully saturated rings. The maximum atomic E-state index is 13.4. The molecule has 2 aromatic rings. The third-order valence-corrected chi connectivity index (χ3v) is 4.11. The minimum absolute atomic E-state index is 0.157. The van der Waals surface area contributed by atoms with Gasteiger partial charge in [0.15, 0.2) is 0 Å². The molecule has 0 unspecified atom stereocenters. The minimum atomic E-state index is -0.173. The van der Waals surface area contributed by atoms with E-state index in [0.717, 1.165) is 24.1 Å². The van der Waals surface area contributed by atoms with Crippen LogP contribution in [0.15, 0.2) is 54.6 Å². The summed E-state index contributed by atoms with van der Waals surface area (Å²) in [6.45, 7) is 0. The Balaban J connectivity index is 1.61. The second-order valence-electron chi connectivity index (χ2n) is 5.60. The summed E-state index contributed by atoms with van der Waals surface area (Å²) in [6.07, 6.45) is 6.19. The SMILES string of the molecule is Fc1ccc2c(c1)C[C@@H]1C[C@H](/C=C/c3ccccc3)N2O1. The van der Waals surface area contributed by atoms with Gasteiger partial charge in [0.25, 0.3) is 0 Å². The molecule has 4 rings (SSSR count). The van der Waals surface area contributed by atoms with Gasteiger partial charge in [0.1, 0.15) is 5.82 Å². The highest BCUT2D eigenvalue weighted by molar-refractivity contribution is 5.58. The van der Waals surface area contributed by atoms with Crippen molar-refractivity contribution >= 4 is 11.8 Å². The van der Waals surface area contributed by atoms with Crippen molar-refractivity contribution in [1.82, 2.24) is 0 Å². The average molecular weight is 281 g/mol. The van der Waals surface area contributed by atoms with E-state index in [4.69, 9.17) is 4.84 Å². The molecule has 2 aromatic carbocycles. The lowest BCUT2D eigenvalue weighted by atomic mass is 10.0. The molecule has 0 aliphatic carbocycles. The zero-order valence-corrected chi connectivity index (χ0v) is 11.6. The Morgan fingerprint density at radius 1 is 1.14 bits per heavy atom. The monoisotopic (exact) mass is 281 g/mol. The molecule has 2 atom stereocenters. The van der Waals surface area contributed by atoms with Crippen molar-refractivity contribution in [2.24, 2.45) is 0 Å². The molecule has 0 amide bonds. The quantitative estimate of drug-likeness (QED) is 0.825. The third-order valence-electron chi connectivity index (χ3n) is 4.11. The standard InChI is InChI=1S/C18H16FNO/c19-15-7-9-18-14(10-15)11-17-12-16(20(18)21-17)8-6-13-4-2-1-3-5-13/h1-10,16-17H,11-12H2/b8-6+/t16-,17+/m0/s1. The summed E-state index contributed by atoms with van der Waals surface area (Å²) in [6, 6.07) is 15.4.